The van der Waals surface area contributed by atoms with Crippen LogP contribution in [0, 0.1) is 34.0 Å². The van der Waals surface area contributed by atoms with Gasteiger partial charge >= 0.3 is 0 Å². The van der Waals surface area contributed by atoms with E-state index < -0.39 is 0 Å². The van der Waals surface area contributed by atoms with E-state index in [1.165, 1.54) is 0 Å². The fraction of sp³-hybridized carbons (Fsp3) is 0. The first-order valence-electron chi connectivity index (χ1n) is 9.98. The summed E-state index contributed by atoms with van der Waals surface area (Å²) in [7, 11) is 0. The van der Waals surface area contributed by atoms with Crippen molar-refractivity contribution < 1.29 is 4.42 Å². The molecule has 6 rings (SSSR count). The molecule has 0 saturated carbocycles. The minimum absolute atomic E-state index is 0.127. The molecule has 5 nitrogen and oxygen atoms in total. The summed E-state index contributed by atoms with van der Waals surface area (Å²) in [5.41, 5.74) is 3.53. The second-order valence-electron chi connectivity index (χ2n) is 7.48. The first kappa shape index (κ1) is 17.8. The number of para-hydroxylation sites is 3. The summed E-state index contributed by atoms with van der Waals surface area (Å²) < 4.78 is 7.89. The van der Waals surface area contributed by atoms with Crippen LogP contribution in [0.25, 0.3) is 49.4 Å². The second kappa shape index (κ2) is 6.47. The van der Waals surface area contributed by atoms with Gasteiger partial charge in [0.05, 0.1) is 27.8 Å². The number of benzene rings is 4. The van der Waals surface area contributed by atoms with Gasteiger partial charge in [-0.2, -0.15) is 15.8 Å². The molecule has 0 spiro atoms. The number of fused-ring (bicyclic) bond motifs is 6. The van der Waals surface area contributed by atoms with Gasteiger partial charge in [-0.05, 0) is 18.2 Å². The molecule has 146 valence electrons. The maximum absolute atomic E-state index is 10.3. The van der Waals surface area contributed by atoms with E-state index in [2.05, 4.69) is 18.2 Å². The maximum atomic E-state index is 10.3. The van der Waals surface area contributed by atoms with Crippen molar-refractivity contribution in [3.05, 3.63) is 89.5 Å². The van der Waals surface area contributed by atoms with E-state index in [0.717, 1.165) is 27.2 Å². The Morgan fingerprint density at radius 2 is 1.12 bits per heavy atom. The van der Waals surface area contributed by atoms with Crippen molar-refractivity contribution in [2.45, 2.75) is 0 Å². The Hall–Kier alpha value is -5.05. The fourth-order valence-corrected chi connectivity index (χ4v) is 4.66. The normalized spacial score (nSPS) is 11.0. The summed E-state index contributed by atoms with van der Waals surface area (Å²) in [6.45, 7) is 0. The summed E-state index contributed by atoms with van der Waals surface area (Å²) in [6, 6.07) is 29.8. The number of nitriles is 3. The lowest BCUT2D eigenvalue weighted by molar-refractivity contribution is 0.667. The quantitative estimate of drug-likeness (QED) is 0.319. The molecule has 0 amide bonds. The highest BCUT2D eigenvalue weighted by Gasteiger charge is 2.27. The van der Waals surface area contributed by atoms with Crippen LogP contribution in [-0.4, -0.2) is 4.57 Å². The van der Waals surface area contributed by atoms with Gasteiger partial charge in [-0.1, -0.05) is 54.6 Å². The van der Waals surface area contributed by atoms with Crippen LogP contribution in [0.1, 0.15) is 16.7 Å². The molecule has 2 heterocycles. The Morgan fingerprint density at radius 3 is 1.72 bits per heavy atom. The third kappa shape index (κ3) is 2.13. The van der Waals surface area contributed by atoms with E-state index in [9.17, 15) is 15.8 Å². The maximum Gasteiger partial charge on any atom is 0.156 e. The number of hydrogen-bond acceptors (Lipinski definition) is 4. The van der Waals surface area contributed by atoms with Crippen LogP contribution >= 0.6 is 0 Å². The summed E-state index contributed by atoms with van der Waals surface area (Å²) in [6.07, 6.45) is 0. The first-order chi connectivity index (χ1) is 15.8. The first-order valence-corrected chi connectivity index (χ1v) is 9.98. The standard InChI is InChI=1S/C27H12N4O/c28-13-19-20(14-29)27-25(18-9-3-6-12-24(18)32-27)21(15-30)26(19)31-22-10-4-1-7-16(22)17-8-2-5-11-23(17)31/h1-12H. The van der Waals surface area contributed by atoms with Crippen LogP contribution in [0.4, 0.5) is 0 Å². The molecule has 0 fully saturated rings. The number of nitrogens with zero attached hydrogens (tertiary/aromatic N) is 4. The van der Waals surface area contributed by atoms with Gasteiger partial charge in [0.1, 0.15) is 29.4 Å². The van der Waals surface area contributed by atoms with E-state index in [1.807, 2.05) is 71.3 Å². The molecule has 0 aliphatic rings. The Morgan fingerprint density at radius 1 is 0.594 bits per heavy atom. The van der Waals surface area contributed by atoms with Gasteiger partial charge in [-0.3, -0.25) is 0 Å². The van der Waals surface area contributed by atoms with Crippen LogP contribution in [0.2, 0.25) is 0 Å². The molecule has 0 saturated heterocycles. The summed E-state index contributed by atoms with van der Waals surface area (Å²) >= 11 is 0. The second-order valence-corrected chi connectivity index (χ2v) is 7.48. The van der Waals surface area contributed by atoms with Crippen LogP contribution in [0.15, 0.2) is 77.2 Å². The van der Waals surface area contributed by atoms with Crippen molar-refractivity contribution in [3.63, 3.8) is 0 Å². The van der Waals surface area contributed by atoms with E-state index in [1.54, 1.807) is 6.07 Å². The number of aromatic nitrogens is 1. The molecular weight excluding hydrogens is 396 g/mol. The lowest BCUT2D eigenvalue weighted by Crippen LogP contribution is -2.04. The van der Waals surface area contributed by atoms with Gasteiger partial charge in [0, 0.05) is 21.5 Å². The van der Waals surface area contributed by atoms with E-state index in [-0.39, 0.29) is 16.7 Å². The highest BCUT2D eigenvalue weighted by atomic mass is 16.3. The van der Waals surface area contributed by atoms with Crippen LogP contribution in [0.3, 0.4) is 0 Å². The van der Waals surface area contributed by atoms with Gasteiger partial charge in [-0.15, -0.1) is 0 Å². The molecular formula is C27H12N4O. The van der Waals surface area contributed by atoms with Crippen LogP contribution in [0.5, 0.6) is 0 Å². The topological polar surface area (TPSA) is 89.4 Å². The Balaban J connectivity index is 1.96. The minimum Gasteiger partial charge on any atom is -0.455 e. The lowest BCUT2D eigenvalue weighted by Gasteiger charge is -2.14. The molecule has 32 heavy (non-hydrogen) atoms. The van der Waals surface area contributed by atoms with Crippen LogP contribution in [-0.2, 0) is 0 Å². The van der Waals surface area contributed by atoms with Crippen molar-refractivity contribution >= 4 is 43.7 Å². The van der Waals surface area contributed by atoms with Gasteiger partial charge in [0.15, 0.2) is 5.58 Å². The Kier molecular flexibility index (Phi) is 3.60. The third-order valence-corrected chi connectivity index (χ3v) is 5.94. The molecule has 0 unspecified atom stereocenters. The number of furan rings is 1. The summed E-state index contributed by atoms with van der Waals surface area (Å²) in [5, 5.41) is 33.8. The number of hydrogen-bond donors (Lipinski definition) is 0. The zero-order valence-electron chi connectivity index (χ0n) is 16.6. The summed E-state index contributed by atoms with van der Waals surface area (Å²) in [4.78, 5) is 0. The third-order valence-electron chi connectivity index (χ3n) is 5.94. The van der Waals surface area contributed by atoms with Crippen LogP contribution < -0.4 is 0 Å². The highest BCUT2D eigenvalue weighted by Crippen LogP contribution is 2.41. The average molecular weight is 408 g/mol. The summed E-state index contributed by atoms with van der Waals surface area (Å²) in [5.74, 6) is 0. The Labute approximate surface area is 182 Å². The minimum atomic E-state index is 0.127. The molecule has 4 aromatic carbocycles. The molecule has 6 aromatic rings. The average Bonchev–Trinajstić information content (AvgIpc) is 3.38. The zero-order valence-corrected chi connectivity index (χ0v) is 16.6. The molecule has 0 aliphatic carbocycles. The molecule has 5 heteroatoms. The lowest BCUT2D eigenvalue weighted by atomic mass is 9.96. The van der Waals surface area contributed by atoms with E-state index in [4.69, 9.17) is 4.42 Å². The SMILES string of the molecule is N#Cc1c(-n2c3ccccc3c3ccccc32)c(C#N)c2c(oc3ccccc32)c1C#N. The molecule has 0 radical (unpaired) electrons. The predicted octanol–water partition coefficient (Wildman–Crippen LogP) is 6.30. The molecule has 0 bridgehead atoms. The predicted molar refractivity (Wildman–Crippen MR) is 122 cm³/mol. The fourth-order valence-electron chi connectivity index (χ4n) is 4.66. The molecule has 0 N–H and O–H groups in total. The van der Waals surface area contributed by atoms with Gasteiger partial charge in [0.25, 0.3) is 0 Å². The molecule has 0 atom stereocenters. The van der Waals surface area contributed by atoms with Crippen molar-refractivity contribution in [2.24, 2.45) is 0 Å². The van der Waals surface area contributed by atoms with Crippen molar-refractivity contribution in [1.82, 2.24) is 4.57 Å². The van der Waals surface area contributed by atoms with Gasteiger partial charge in [0.2, 0.25) is 0 Å². The van der Waals surface area contributed by atoms with Crippen molar-refractivity contribution in [2.75, 3.05) is 0 Å². The van der Waals surface area contributed by atoms with E-state index in [0.29, 0.717) is 22.2 Å². The van der Waals surface area contributed by atoms with Crippen molar-refractivity contribution in [3.8, 4) is 23.9 Å². The molecule has 0 aliphatic heterocycles. The largest absolute Gasteiger partial charge is 0.455 e. The van der Waals surface area contributed by atoms with E-state index >= 15 is 0 Å². The smallest absolute Gasteiger partial charge is 0.156 e. The highest BCUT2D eigenvalue weighted by molar-refractivity contribution is 6.14. The Bertz CT molecular complexity index is 1810. The van der Waals surface area contributed by atoms with Gasteiger partial charge < -0.3 is 8.98 Å². The molecule has 2 aromatic heterocycles. The van der Waals surface area contributed by atoms with Crippen molar-refractivity contribution in [1.29, 1.82) is 15.8 Å². The van der Waals surface area contributed by atoms with Gasteiger partial charge in [-0.25, -0.2) is 0 Å². The number of rotatable bonds is 1. The zero-order chi connectivity index (χ0) is 21.8. The monoisotopic (exact) mass is 408 g/mol.